The predicted octanol–water partition coefficient (Wildman–Crippen LogP) is 3.85. The SMILES string of the molecule is CC(N)Cc1ccc(N2CC(C)CCC2C)cc1Cl. The zero-order valence-corrected chi connectivity index (χ0v) is 13.0. The molecule has 2 N–H and O–H groups in total. The molecular weight excluding hydrogens is 256 g/mol. The summed E-state index contributed by atoms with van der Waals surface area (Å²) in [6, 6.07) is 7.18. The lowest BCUT2D eigenvalue weighted by Gasteiger charge is -2.38. The van der Waals surface area contributed by atoms with E-state index in [1.54, 1.807) is 0 Å². The quantitative estimate of drug-likeness (QED) is 0.911. The molecule has 3 atom stereocenters. The van der Waals surface area contributed by atoms with E-state index in [4.69, 9.17) is 17.3 Å². The van der Waals surface area contributed by atoms with Gasteiger partial charge in [0.2, 0.25) is 0 Å². The lowest BCUT2D eigenvalue weighted by molar-refractivity contribution is 0.390. The lowest BCUT2D eigenvalue weighted by atomic mass is 9.94. The normalized spacial score (nSPS) is 25.4. The zero-order chi connectivity index (χ0) is 14.0. The predicted molar refractivity (Wildman–Crippen MR) is 84.0 cm³/mol. The lowest BCUT2D eigenvalue weighted by Crippen LogP contribution is -2.41. The van der Waals surface area contributed by atoms with Crippen molar-refractivity contribution < 1.29 is 0 Å². The van der Waals surface area contributed by atoms with Crippen molar-refractivity contribution in [3.63, 3.8) is 0 Å². The summed E-state index contributed by atoms with van der Waals surface area (Å²) in [4.78, 5) is 2.48. The van der Waals surface area contributed by atoms with Crippen molar-refractivity contribution in [1.82, 2.24) is 0 Å². The second kappa shape index (κ2) is 6.15. The zero-order valence-electron chi connectivity index (χ0n) is 12.2. The Morgan fingerprint density at radius 3 is 2.74 bits per heavy atom. The maximum absolute atomic E-state index is 6.39. The molecule has 1 fully saturated rings. The minimum atomic E-state index is 0.150. The molecule has 0 aliphatic carbocycles. The fourth-order valence-corrected chi connectivity index (χ4v) is 3.13. The molecule has 0 bridgehead atoms. The summed E-state index contributed by atoms with van der Waals surface area (Å²) in [5, 5.41) is 0.847. The van der Waals surface area contributed by atoms with Gasteiger partial charge in [0.15, 0.2) is 0 Å². The largest absolute Gasteiger partial charge is 0.369 e. The van der Waals surface area contributed by atoms with Gasteiger partial charge in [-0.3, -0.25) is 0 Å². The fraction of sp³-hybridized carbons (Fsp3) is 0.625. The summed E-state index contributed by atoms with van der Waals surface area (Å²) in [5.74, 6) is 0.763. The molecular formula is C16H25ClN2. The highest BCUT2D eigenvalue weighted by atomic mass is 35.5. The van der Waals surface area contributed by atoms with E-state index in [1.165, 1.54) is 18.5 Å². The molecule has 3 unspecified atom stereocenters. The van der Waals surface area contributed by atoms with Crippen LogP contribution < -0.4 is 10.6 Å². The summed E-state index contributed by atoms with van der Waals surface area (Å²) < 4.78 is 0. The summed E-state index contributed by atoms with van der Waals surface area (Å²) >= 11 is 6.39. The molecule has 0 amide bonds. The maximum atomic E-state index is 6.39. The van der Waals surface area contributed by atoms with E-state index in [1.807, 2.05) is 6.92 Å². The summed E-state index contributed by atoms with van der Waals surface area (Å²) in [6.45, 7) is 7.77. The topological polar surface area (TPSA) is 29.3 Å². The molecule has 106 valence electrons. The van der Waals surface area contributed by atoms with Crippen molar-refractivity contribution in [2.45, 2.75) is 52.1 Å². The standard InChI is InChI=1S/C16H25ClN2/c1-11-4-5-13(3)19(10-11)15-7-6-14(8-12(2)18)16(17)9-15/h6-7,9,11-13H,4-5,8,10,18H2,1-3H3. The highest BCUT2D eigenvalue weighted by Crippen LogP contribution is 2.30. The van der Waals surface area contributed by atoms with Crippen molar-refractivity contribution in [2.24, 2.45) is 11.7 Å². The van der Waals surface area contributed by atoms with Gasteiger partial charge in [-0.05, 0) is 56.7 Å². The van der Waals surface area contributed by atoms with Crippen LogP contribution in [-0.2, 0) is 6.42 Å². The van der Waals surface area contributed by atoms with E-state index in [9.17, 15) is 0 Å². The molecule has 1 aromatic rings. The van der Waals surface area contributed by atoms with Crippen molar-refractivity contribution in [2.75, 3.05) is 11.4 Å². The average Bonchev–Trinajstić information content (AvgIpc) is 2.34. The van der Waals surface area contributed by atoms with Crippen LogP contribution in [0.2, 0.25) is 5.02 Å². The number of hydrogen-bond acceptors (Lipinski definition) is 2. The Balaban J connectivity index is 2.18. The van der Waals surface area contributed by atoms with Gasteiger partial charge < -0.3 is 10.6 Å². The van der Waals surface area contributed by atoms with Crippen LogP contribution in [0.4, 0.5) is 5.69 Å². The number of anilines is 1. The number of piperidine rings is 1. The summed E-state index contributed by atoms with van der Waals surface area (Å²) in [5.41, 5.74) is 8.24. The molecule has 3 heteroatoms. The Bertz CT molecular complexity index is 431. The van der Waals surface area contributed by atoms with Gasteiger partial charge in [0.05, 0.1) is 0 Å². The van der Waals surface area contributed by atoms with Crippen LogP contribution in [0.5, 0.6) is 0 Å². The van der Waals surface area contributed by atoms with Crippen LogP contribution in [-0.4, -0.2) is 18.6 Å². The van der Waals surface area contributed by atoms with E-state index in [2.05, 4.69) is 36.9 Å². The highest BCUT2D eigenvalue weighted by Gasteiger charge is 2.23. The molecule has 0 saturated carbocycles. The van der Waals surface area contributed by atoms with E-state index in [0.29, 0.717) is 6.04 Å². The van der Waals surface area contributed by atoms with E-state index in [-0.39, 0.29) is 6.04 Å². The Kier molecular flexibility index (Phi) is 4.75. The Hall–Kier alpha value is -0.730. The average molecular weight is 281 g/mol. The van der Waals surface area contributed by atoms with E-state index in [0.717, 1.165) is 29.5 Å². The molecule has 1 heterocycles. The Morgan fingerprint density at radius 2 is 2.11 bits per heavy atom. The fourth-order valence-electron chi connectivity index (χ4n) is 2.88. The first-order valence-corrected chi connectivity index (χ1v) is 7.65. The molecule has 2 nitrogen and oxygen atoms in total. The molecule has 0 aromatic heterocycles. The second-order valence-corrected chi connectivity index (χ2v) is 6.55. The number of nitrogens with two attached hydrogens (primary N) is 1. The van der Waals surface area contributed by atoms with Gasteiger partial charge in [0.25, 0.3) is 0 Å². The number of rotatable bonds is 3. The number of halogens is 1. The third kappa shape index (κ3) is 3.64. The van der Waals surface area contributed by atoms with Crippen molar-refractivity contribution in [3.05, 3.63) is 28.8 Å². The number of benzene rings is 1. The molecule has 2 rings (SSSR count). The Morgan fingerprint density at radius 1 is 1.37 bits per heavy atom. The van der Waals surface area contributed by atoms with E-state index < -0.39 is 0 Å². The Labute approximate surface area is 121 Å². The van der Waals surface area contributed by atoms with Crippen LogP contribution in [0.3, 0.4) is 0 Å². The van der Waals surface area contributed by atoms with Gasteiger partial charge >= 0.3 is 0 Å². The smallest absolute Gasteiger partial charge is 0.0459 e. The van der Waals surface area contributed by atoms with Gasteiger partial charge in [0, 0.05) is 29.3 Å². The number of nitrogens with zero attached hydrogens (tertiary/aromatic N) is 1. The third-order valence-electron chi connectivity index (χ3n) is 4.03. The van der Waals surface area contributed by atoms with Gasteiger partial charge in [-0.25, -0.2) is 0 Å². The third-order valence-corrected chi connectivity index (χ3v) is 4.38. The van der Waals surface area contributed by atoms with Gasteiger partial charge in [0.1, 0.15) is 0 Å². The van der Waals surface area contributed by atoms with Crippen LogP contribution in [0.1, 0.15) is 39.2 Å². The molecule has 0 radical (unpaired) electrons. The van der Waals surface area contributed by atoms with Crippen molar-refractivity contribution >= 4 is 17.3 Å². The molecule has 19 heavy (non-hydrogen) atoms. The first-order chi connectivity index (χ1) is 8.97. The molecule has 1 aliphatic rings. The second-order valence-electron chi connectivity index (χ2n) is 6.14. The minimum Gasteiger partial charge on any atom is -0.369 e. The van der Waals surface area contributed by atoms with Gasteiger partial charge in [-0.15, -0.1) is 0 Å². The van der Waals surface area contributed by atoms with Crippen molar-refractivity contribution in [1.29, 1.82) is 0 Å². The minimum absolute atomic E-state index is 0.150. The molecule has 0 spiro atoms. The molecule has 1 aliphatic heterocycles. The van der Waals surface area contributed by atoms with Gasteiger partial charge in [-0.1, -0.05) is 24.6 Å². The van der Waals surface area contributed by atoms with Crippen LogP contribution in [0, 0.1) is 5.92 Å². The molecule has 1 aromatic carbocycles. The monoisotopic (exact) mass is 280 g/mol. The highest BCUT2D eigenvalue weighted by molar-refractivity contribution is 6.31. The summed E-state index contributed by atoms with van der Waals surface area (Å²) in [6.07, 6.45) is 3.43. The first-order valence-electron chi connectivity index (χ1n) is 7.28. The van der Waals surface area contributed by atoms with Crippen LogP contribution in [0.25, 0.3) is 0 Å². The van der Waals surface area contributed by atoms with Crippen LogP contribution >= 0.6 is 11.6 Å². The van der Waals surface area contributed by atoms with Crippen molar-refractivity contribution in [3.8, 4) is 0 Å². The summed E-state index contributed by atoms with van der Waals surface area (Å²) in [7, 11) is 0. The van der Waals surface area contributed by atoms with Gasteiger partial charge in [-0.2, -0.15) is 0 Å². The first kappa shape index (κ1) is 14.7. The van der Waals surface area contributed by atoms with Crippen LogP contribution in [0.15, 0.2) is 18.2 Å². The van der Waals surface area contributed by atoms with E-state index >= 15 is 0 Å². The number of hydrogen-bond donors (Lipinski definition) is 1. The maximum Gasteiger partial charge on any atom is 0.0459 e. The molecule has 1 saturated heterocycles.